The fourth-order valence-corrected chi connectivity index (χ4v) is 7.38. The summed E-state index contributed by atoms with van der Waals surface area (Å²) in [6, 6.07) is 0. The van der Waals surface area contributed by atoms with Crippen molar-refractivity contribution in [2.24, 2.45) is 0 Å². The Morgan fingerprint density at radius 1 is 0.519 bits per heavy atom. The highest BCUT2D eigenvalue weighted by Crippen LogP contribution is 2.23. The second-order valence-electron chi connectivity index (χ2n) is 16.2. The van der Waals surface area contributed by atoms with Crippen molar-refractivity contribution in [1.29, 1.82) is 0 Å². The van der Waals surface area contributed by atoms with Crippen LogP contribution in [0.15, 0.2) is 0 Å². The fraction of sp³-hybridized carbons (Fsp3) is 0.978. The minimum atomic E-state index is -1.53. The van der Waals surface area contributed by atoms with Gasteiger partial charge in [0.05, 0.1) is 19.8 Å². The van der Waals surface area contributed by atoms with Crippen LogP contribution in [0.1, 0.15) is 219 Å². The number of esters is 1. The van der Waals surface area contributed by atoms with E-state index in [9.17, 15) is 25.2 Å². The summed E-state index contributed by atoms with van der Waals surface area (Å²) in [7, 11) is 0. The number of carbonyl (C=O) groups is 1. The van der Waals surface area contributed by atoms with E-state index < -0.39 is 43.4 Å². The van der Waals surface area contributed by atoms with Gasteiger partial charge in [-0.25, -0.2) is 0 Å². The first-order valence-electron chi connectivity index (χ1n) is 23.1. The number of ether oxygens (including phenoxy) is 4. The van der Waals surface area contributed by atoms with Crippen molar-refractivity contribution >= 4 is 5.97 Å². The summed E-state index contributed by atoms with van der Waals surface area (Å²) in [5.41, 5.74) is 0. The molecule has 0 radical (unpaired) electrons. The lowest BCUT2D eigenvalue weighted by atomic mass is 9.99. The van der Waals surface area contributed by atoms with Gasteiger partial charge < -0.3 is 39.4 Å². The predicted molar refractivity (Wildman–Crippen MR) is 220 cm³/mol. The maximum Gasteiger partial charge on any atom is 0.306 e. The van der Waals surface area contributed by atoms with E-state index in [0.29, 0.717) is 13.0 Å². The van der Waals surface area contributed by atoms with E-state index in [0.717, 1.165) is 32.1 Å². The van der Waals surface area contributed by atoms with Gasteiger partial charge in [-0.2, -0.15) is 0 Å². The first-order valence-corrected chi connectivity index (χ1v) is 23.1. The van der Waals surface area contributed by atoms with Crippen LogP contribution in [0.5, 0.6) is 0 Å². The zero-order valence-corrected chi connectivity index (χ0v) is 35.3. The zero-order valence-electron chi connectivity index (χ0n) is 35.3. The molecule has 0 spiro atoms. The third-order valence-electron chi connectivity index (χ3n) is 11.0. The lowest BCUT2D eigenvalue weighted by molar-refractivity contribution is -0.305. The van der Waals surface area contributed by atoms with Crippen LogP contribution in [0.25, 0.3) is 0 Å². The molecule has 9 nitrogen and oxygen atoms in total. The summed E-state index contributed by atoms with van der Waals surface area (Å²) < 4.78 is 22.7. The molecule has 1 heterocycles. The van der Waals surface area contributed by atoms with Gasteiger partial charge in [-0.15, -0.1) is 0 Å². The van der Waals surface area contributed by atoms with E-state index in [2.05, 4.69) is 13.8 Å². The Hall–Kier alpha value is -0.810. The lowest BCUT2D eigenvalue weighted by Gasteiger charge is -2.39. The van der Waals surface area contributed by atoms with Crippen LogP contribution in [0.4, 0.5) is 0 Å². The summed E-state index contributed by atoms with van der Waals surface area (Å²) in [5.74, 6) is -0.309. The van der Waals surface area contributed by atoms with Crippen LogP contribution in [0.3, 0.4) is 0 Å². The number of rotatable bonds is 40. The van der Waals surface area contributed by atoms with Crippen LogP contribution in [0.2, 0.25) is 0 Å². The van der Waals surface area contributed by atoms with Gasteiger partial charge in [-0.05, 0) is 12.8 Å². The lowest BCUT2D eigenvalue weighted by Crippen LogP contribution is -2.59. The molecule has 1 fully saturated rings. The number of hydrogen-bond acceptors (Lipinski definition) is 9. The molecule has 1 aliphatic rings. The molecule has 1 rings (SSSR count). The SMILES string of the molecule is CCCCCCCCCCCCCCCCCCCCCCCCCC(=O)OC(COCCCCCCCCCC)COC1OC(CO)C(O)C(O)C1O. The molecule has 0 aromatic carbocycles. The molecule has 322 valence electrons. The molecule has 4 N–H and O–H groups in total. The van der Waals surface area contributed by atoms with Crippen molar-refractivity contribution < 1.29 is 44.2 Å². The van der Waals surface area contributed by atoms with Gasteiger partial charge in [0.25, 0.3) is 0 Å². The van der Waals surface area contributed by atoms with Crippen molar-refractivity contribution in [1.82, 2.24) is 0 Å². The molecule has 1 aliphatic heterocycles. The summed E-state index contributed by atoms with van der Waals surface area (Å²) in [5, 5.41) is 40.0. The minimum absolute atomic E-state index is 0.106. The highest BCUT2D eigenvalue weighted by molar-refractivity contribution is 5.69. The van der Waals surface area contributed by atoms with E-state index in [-0.39, 0.29) is 19.2 Å². The molecule has 0 bridgehead atoms. The molecule has 0 aromatic rings. The van der Waals surface area contributed by atoms with E-state index in [1.54, 1.807) is 0 Å². The van der Waals surface area contributed by atoms with Crippen molar-refractivity contribution in [3.05, 3.63) is 0 Å². The maximum absolute atomic E-state index is 12.7. The first kappa shape index (κ1) is 51.2. The third-order valence-corrected chi connectivity index (χ3v) is 11.0. The topological polar surface area (TPSA) is 135 Å². The van der Waals surface area contributed by atoms with E-state index in [1.165, 1.54) is 167 Å². The van der Waals surface area contributed by atoms with Crippen molar-refractivity contribution in [2.75, 3.05) is 26.4 Å². The average Bonchev–Trinajstić information content (AvgIpc) is 3.17. The smallest absolute Gasteiger partial charge is 0.306 e. The number of hydrogen-bond donors (Lipinski definition) is 4. The van der Waals surface area contributed by atoms with Gasteiger partial charge >= 0.3 is 5.97 Å². The number of aliphatic hydroxyl groups is 4. The third kappa shape index (κ3) is 28.6. The summed E-state index contributed by atoms with van der Waals surface area (Å²) in [4.78, 5) is 12.7. The minimum Gasteiger partial charge on any atom is -0.457 e. The molecular formula is C45H88O9. The van der Waals surface area contributed by atoms with E-state index in [1.807, 2.05) is 0 Å². The quantitative estimate of drug-likeness (QED) is 0.0355. The van der Waals surface area contributed by atoms with Crippen LogP contribution in [0, 0.1) is 0 Å². The molecule has 0 aliphatic carbocycles. The predicted octanol–water partition coefficient (Wildman–Crippen LogP) is 10.3. The van der Waals surface area contributed by atoms with Crippen molar-refractivity contribution in [3.63, 3.8) is 0 Å². The highest BCUT2D eigenvalue weighted by atomic mass is 16.7. The van der Waals surface area contributed by atoms with Crippen LogP contribution in [-0.4, -0.2) is 89.6 Å². The van der Waals surface area contributed by atoms with E-state index >= 15 is 0 Å². The monoisotopic (exact) mass is 773 g/mol. The maximum atomic E-state index is 12.7. The standard InChI is InChI=1S/C45H88O9/c1-3-5-7-9-11-13-14-15-16-17-18-19-20-21-22-23-24-25-26-27-28-30-32-34-41(47)53-39(37-51-35-33-31-29-12-10-8-6-4-2)38-52-45-44(50)43(49)42(48)40(36-46)54-45/h39-40,42-46,48-50H,3-38H2,1-2H3. The van der Waals surface area contributed by atoms with Gasteiger partial charge in [0.1, 0.15) is 30.5 Å². The molecule has 0 amide bonds. The second-order valence-corrected chi connectivity index (χ2v) is 16.2. The molecule has 1 saturated heterocycles. The highest BCUT2D eigenvalue weighted by Gasteiger charge is 2.44. The van der Waals surface area contributed by atoms with Gasteiger partial charge in [0.15, 0.2) is 6.29 Å². The molecule has 54 heavy (non-hydrogen) atoms. The Kier molecular flexibility index (Phi) is 35.8. The normalized spacial score (nSPS) is 20.7. The zero-order chi connectivity index (χ0) is 39.3. The summed E-state index contributed by atoms with van der Waals surface area (Å²) in [6.45, 7) is 4.58. The Labute approximate surface area is 332 Å². The second kappa shape index (κ2) is 37.7. The Morgan fingerprint density at radius 2 is 0.907 bits per heavy atom. The molecular weight excluding hydrogens is 684 g/mol. The van der Waals surface area contributed by atoms with Gasteiger partial charge in [-0.1, -0.05) is 200 Å². The molecule has 6 atom stereocenters. The van der Waals surface area contributed by atoms with Crippen LogP contribution < -0.4 is 0 Å². The Balaban J connectivity index is 2.13. The largest absolute Gasteiger partial charge is 0.457 e. The van der Waals surface area contributed by atoms with Crippen molar-refractivity contribution in [2.45, 2.75) is 256 Å². The summed E-state index contributed by atoms with van der Waals surface area (Å²) in [6.07, 6.45) is 32.9. The van der Waals surface area contributed by atoms with Crippen LogP contribution in [-0.2, 0) is 23.7 Å². The van der Waals surface area contributed by atoms with E-state index in [4.69, 9.17) is 18.9 Å². The van der Waals surface area contributed by atoms with Gasteiger partial charge in [0.2, 0.25) is 0 Å². The molecule has 9 heteroatoms. The molecule has 0 saturated carbocycles. The van der Waals surface area contributed by atoms with Gasteiger partial charge in [0, 0.05) is 13.0 Å². The molecule has 6 unspecified atom stereocenters. The number of aliphatic hydroxyl groups excluding tert-OH is 4. The van der Waals surface area contributed by atoms with Gasteiger partial charge in [-0.3, -0.25) is 4.79 Å². The fourth-order valence-electron chi connectivity index (χ4n) is 7.38. The molecule has 0 aromatic heterocycles. The number of unbranched alkanes of at least 4 members (excludes halogenated alkanes) is 29. The average molecular weight is 773 g/mol. The summed E-state index contributed by atoms with van der Waals surface area (Å²) >= 11 is 0. The first-order chi connectivity index (χ1) is 26.4. The van der Waals surface area contributed by atoms with Crippen LogP contribution >= 0.6 is 0 Å². The Morgan fingerprint density at radius 3 is 1.31 bits per heavy atom. The number of carbonyl (C=O) groups excluding carboxylic acids is 1. The van der Waals surface area contributed by atoms with Crippen molar-refractivity contribution in [3.8, 4) is 0 Å². The Bertz CT molecular complexity index is 797.